The number of nitrogens with one attached hydrogen (secondary N) is 1. The van der Waals surface area contributed by atoms with E-state index in [1.165, 1.54) is 11.3 Å². The summed E-state index contributed by atoms with van der Waals surface area (Å²) < 4.78 is 0. The summed E-state index contributed by atoms with van der Waals surface area (Å²) in [6.45, 7) is 7.90. The Morgan fingerprint density at radius 1 is 1.45 bits per heavy atom. The topological polar surface area (TPSA) is 62.3 Å². The van der Waals surface area contributed by atoms with Crippen LogP contribution in [0.25, 0.3) is 0 Å². The molecule has 1 aliphatic rings. The summed E-state index contributed by atoms with van der Waals surface area (Å²) in [6.07, 6.45) is 1.54. The molecule has 2 rings (SSSR count). The van der Waals surface area contributed by atoms with Crippen LogP contribution in [-0.4, -0.2) is 33.3 Å². The van der Waals surface area contributed by atoms with Gasteiger partial charge in [-0.15, -0.1) is 11.3 Å². The van der Waals surface area contributed by atoms with Gasteiger partial charge in [0, 0.05) is 11.1 Å². The fourth-order valence-electron chi connectivity index (χ4n) is 2.35. The maximum atomic E-state index is 12.6. The first-order chi connectivity index (χ1) is 9.36. The lowest BCUT2D eigenvalue weighted by Crippen LogP contribution is -2.67. The van der Waals surface area contributed by atoms with E-state index in [-0.39, 0.29) is 11.8 Å². The molecule has 1 saturated heterocycles. The third-order valence-electron chi connectivity index (χ3n) is 3.64. The monoisotopic (exact) mass is 295 g/mol. The number of piperazine rings is 1. The second-order valence-electron chi connectivity index (χ2n) is 5.68. The van der Waals surface area contributed by atoms with Gasteiger partial charge in [-0.3, -0.25) is 9.59 Å². The van der Waals surface area contributed by atoms with Gasteiger partial charge in [-0.05, 0) is 27.2 Å². The molecule has 1 unspecified atom stereocenters. The maximum absolute atomic E-state index is 12.6. The molecule has 0 radical (unpaired) electrons. The molecule has 1 aliphatic heterocycles. The Morgan fingerprint density at radius 2 is 2.15 bits per heavy atom. The molecule has 20 heavy (non-hydrogen) atoms. The standard InChI is InChI=1S/C14H21N3O2S/c1-5-6-10-12(18)17(14(3,4)13(19)16-10)7-11-15-9(2)8-20-11/h8,10H,5-7H2,1-4H3,(H,16,19). The third-order valence-corrected chi connectivity index (χ3v) is 4.59. The highest BCUT2D eigenvalue weighted by Gasteiger charge is 2.46. The number of rotatable bonds is 4. The van der Waals surface area contributed by atoms with Crippen molar-refractivity contribution in [2.75, 3.05) is 0 Å². The molecule has 2 amide bonds. The Balaban J connectivity index is 2.25. The molecule has 0 bridgehead atoms. The zero-order chi connectivity index (χ0) is 14.9. The van der Waals surface area contributed by atoms with Gasteiger partial charge in [0.2, 0.25) is 11.8 Å². The van der Waals surface area contributed by atoms with Crippen LogP contribution in [0.3, 0.4) is 0 Å². The number of amides is 2. The number of thiazole rings is 1. The minimum absolute atomic E-state index is 0.00990. The van der Waals surface area contributed by atoms with Crippen LogP contribution >= 0.6 is 11.3 Å². The molecule has 5 nitrogen and oxygen atoms in total. The lowest BCUT2D eigenvalue weighted by molar-refractivity contribution is -0.156. The van der Waals surface area contributed by atoms with Crippen LogP contribution in [0.1, 0.15) is 44.3 Å². The van der Waals surface area contributed by atoms with Crippen molar-refractivity contribution in [1.82, 2.24) is 15.2 Å². The summed E-state index contributed by atoms with van der Waals surface area (Å²) in [5.74, 6) is -0.104. The van der Waals surface area contributed by atoms with Crippen LogP contribution in [-0.2, 0) is 16.1 Å². The zero-order valence-corrected chi connectivity index (χ0v) is 13.2. The highest BCUT2D eigenvalue weighted by Crippen LogP contribution is 2.25. The second kappa shape index (κ2) is 5.52. The molecule has 0 aliphatic carbocycles. The van der Waals surface area contributed by atoms with Crippen molar-refractivity contribution >= 4 is 23.2 Å². The molecule has 0 saturated carbocycles. The lowest BCUT2D eigenvalue weighted by Gasteiger charge is -2.44. The van der Waals surface area contributed by atoms with Crippen molar-refractivity contribution in [3.63, 3.8) is 0 Å². The first kappa shape index (κ1) is 15.0. The Hall–Kier alpha value is -1.43. The fraction of sp³-hybridized carbons (Fsp3) is 0.643. The van der Waals surface area contributed by atoms with Crippen LogP contribution < -0.4 is 5.32 Å². The molecule has 6 heteroatoms. The molecule has 1 aromatic rings. The van der Waals surface area contributed by atoms with Crippen LogP contribution in [0.15, 0.2) is 5.38 Å². The number of aromatic nitrogens is 1. The maximum Gasteiger partial charge on any atom is 0.246 e. The van der Waals surface area contributed by atoms with Crippen LogP contribution in [0, 0.1) is 6.92 Å². The molecule has 0 spiro atoms. The van der Waals surface area contributed by atoms with Gasteiger partial charge in [0.1, 0.15) is 16.6 Å². The van der Waals surface area contributed by atoms with Gasteiger partial charge in [0.05, 0.1) is 6.54 Å². The van der Waals surface area contributed by atoms with E-state index in [4.69, 9.17) is 0 Å². The predicted molar refractivity (Wildman–Crippen MR) is 78.3 cm³/mol. The number of nitrogens with zero attached hydrogens (tertiary/aromatic N) is 2. The minimum atomic E-state index is -0.832. The lowest BCUT2D eigenvalue weighted by atomic mass is 9.94. The van der Waals surface area contributed by atoms with E-state index in [1.54, 1.807) is 18.7 Å². The van der Waals surface area contributed by atoms with Gasteiger partial charge in [0.25, 0.3) is 0 Å². The van der Waals surface area contributed by atoms with E-state index in [0.29, 0.717) is 13.0 Å². The SMILES string of the molecule is CCCC1NC(=O)C(C)(C)N(Cc2nc(C)cs2)C1=O. The fourth-order valence-corrected chi connectivity index (χ4v) is 3.11. The largest absolute Gasteiger partial charge is 0.342 e. The normalized spacial score (nSPS) is 22.0. The molecular weight excluding hydrogens is 274 g/mol. The summed E-state index contributed by atoms with van der Waals surface area (Å²) in [5, 5.41) is 5.66. The van der Waals surface area contributed by atoms with E-state index in [9.17, 15) is 9.59 Å². The number of carbonyl (C=O) groups is 2. The zero-order valence-electron chi connectivity index (χ0n) is 12.4. The minimum Gasteiger partial charge on any atom is -0.342 e. The van der Waals surface area contributed by atoms with Crippen LogP contribution in [0.5, 0.6) is 0 Å². The number of carbonyl (C=O) groups excluding carboxylic acids is 2. The quantitative estimate of drug-likeness (QED) is 0.922. The Kier molecular flexibility index (Phi) is 4.13. The van der Waals surface area contributed by atoms with E-state index >= 15 is 0 Å². The van der Waals surface area contributed by atoms with E-state index in [2.05, 4.69) is 10.3 Å². The van der Waals surface area contributed by atoms with Gasteiger partial charge in [-0.2, -0.15) is 0 Å². The van der Waals surface area contributed by atoms with Gasteiger partial charge in [0.15, 0.2) is 0 Å². The van der Waals surface area contributed by atoms with Crippen molar-refractivity contribution < 1.29 is 9.59 Å². The number of aryl methyl sites for hydroxylation is 1. The van der Waals surface area contributed by atoms with Gasteiger partial charge >= 0.3 is 0 Å². The molecule has 2 heterocycles. The summed E-state index contributed by atoms with van der Waals surface area (Å²) in [5.41, 5.74) is 0.114. The third kappa shape index (κ3) is 2.70. The van der Waals surface area contributed by atoms with Crippen LogP contribution in [0.2, 0.25) is 0 Å². The first-order valence-electron chi connectivity index (χ1n) is 6.89. The number of hydrogen-bond donors (Lipinski definition) is 1. The smallest absolute Gasteiger partial charge is 0.246 e. The van der Waals surface area contributed by atoms with E-state index < -0.39 is 11.6 Å². The Labute approximate surface area is 123 Å². The summed E-state index contributed by atoms with van der Waals surface area (Å²) in [4.78, 5) is 30.9. The van der Waals surface area contributed by atoms with Crippen LogP contribution in [0.4, 0.5) is 0 Å². The molecule has 1 fully saturated rings. The van der Waals surface area contributed by atoms with Crippen molar-refractivity contribution in [3.8, 4) is 0 Å². The Bertz CT molecular complexity index is 524. The molecule has 110 valence electrons. The van der Waals surface area contributed by atoms with Gasteiger partial charge < -0.3 is 10.2 Å². The predicted octanol–water partition coefficient (Wildman–Crippen LogP) is 1.86. The van der Waals surface area contributed by atoms with Gasteiger partial charge in [-0.25, -0.2) is 4.98 Å². The number of hydrogen-bond acceptors (Lipinski definition) is 4. The van der Waals surface area contributed by atoms with E-state index in [1.807, 2.05) is 19.2 Å². The average Bonchev–Trinajstić information content (AvgIpc) is 2.78. The van der Waals surface area contributed by atoms with Crippen molar-refractivity contribution in [1.29, 1.82) is 0 Å². The highest BCUT2D eigenvalue weighted by molar-refractivity contribution is 7.09. The molecular formula is C14H21N3O2S. The van der Waals surface area contributed by atoms with Crippen molar-refractivity contribution in [3.05, 3.63) is 16.1 Å². The molecule has 1 N–H and O–H groups in total. The average molecular weight is 295 g/mol. The second-order valence-corrected chi connectivity index (χ2v) is 6.62. The van der Waals surface area contributed by atoms with Crippen molar-refractivity contribution in [2.45, 2.75) is 58.7 Å². The van der Waals surface area contributed by atoms with E-state index in [0.717, 1.165) is 17.1 Å². The highest BCUT2D eigenvalue weighted by atomic mass is 32.1. The summed E-state index contributed by atoms with van der Waals surface area (Å²) in [7, 11) is 0. The Morgan fingerprint density at radius 3 is 2.70 bits per heavy atom. The summed E-state index contributed by atoms with van der Waals surface area (Å²) in [6, 6.07) is -0.401. The summed E-state index contributed by atoms with van der Waals surface area (Å²) >= 11 is 1.53. The molecule has 1 aromatic heterocycles. The van der Waals surface area contributed by atoms with Gasteiger partial charge in [-0.1, -0.05) is 13.3 Å². The molecule has 1 atom stereocenters. The molecule has 0 aromatic carbocycles. The first-order valence-corrected chi connectivity index (χ1v) is 7.77. The van der Waals surface area contributed by atoms with Crippen molar-refractivity contribution in [2.24, 2.45) is 0 Å².